The van der Waals surface area contributed by atoms with Crippen LogP contribution in [0.3, 0.4) is 0 Å². The average Bonchev–Trinajstić information content (AvgIpc) is 2.31. The van der Waals surface area contributed by atoms with Crippen molar-refractivity contribution in [1.29, 1.82) is 0 Å². The van der Waals surface area contributed by atoms with Crippen LogP contribution in [0, 0.1) is 0 Å². The van der Waals surface area contributed by atoms with Crippen LogP contribution in [0.1, 0.15) is 26.2 Å². The zero-order chi connectivity index (χ0) is 13.8. The topological polar surface area (TPSA) is 60.2 Å². The van der Waals surface area contributed by atoms with Crippen LogP contribution in [0.4, 0.5) is 0 Å². The zero-order valence-corrected chi connectivity index (χ0v) is 12.5. The van der Waals surface area contributed by atoms with Crippen LogP contribution in [-0.2, 0) is 9.84 Å². The van der Waals surface area contributed by atoms with Gasteiger partial charge in [-0.15, -0.1) is 0 Å². The van der Waals surface area contributed by atoms with E-state index in [1.807, 2.05) is 6.92 Å². The van der Waals surface area contributed by atoms with E-state index >= 15 is 0 Å². The van der Waals surface area contributed by atoms with Gasteiger partial charge in [0.15, 0.2) is 9.84 Å². The highest BCUT2D eigenvalue weighted by Crippen LogP contribution is 2.26. The number of hydrogen-bond donors (Lipinski definition) is 1. The van der Waals surface area contributed by atoms with E-state index in [1.54, 1.807) is 6.07 Å². The fraction of sp³-hybridized carbons (Fsp3) is 0.500. The van der Waals surface area contributed by atoms with Crippen molar-refractivity contribution < 1.29 is 8.42 Å². The predicted octanol–water partition coefficient (Wildman–Crippen LogP) is 3.28. The Labute approximate surface area is 118 Å². The molecular weight excluding hydrogens is 293 g/mol. The predicted molar refractivity (Wildman–Crippen MR) is 76.0 cm³/mol. The average molecular weight is 310 g/mol. The molecule has 3 nitrogen and oxygen atoms in total. The van der Waals surface area contributed by atoms with Crippen LogP contribution in [0.5, 0.6) is 0 Å². The first-order valence-electron chi connectivity index (χ1n) is 5.80. The fourth-order valence-corrected chi connectivity index (χ4v) is 3.71. The van der Waals surface area contributed by atoms with E-state index in [-0.39, 0.29) is 21.7 Å². The van der Waals surface area contributed by atoms with Crippen molar-refractivity contribution in [3.63, 3.8) is 0 Å². The number of halogens is 2. The Morgan fingerprint density at radius 2 is 2.00 bits per heavy atom. The Hall–Kier alpha value is -0.290. The molecule has 0 bridgehead atoms. The maximum absolute atomic E-state index is 12.1. The summed E-state index contributed by atoms with van der Waals surface area (Å²) in [6.45, 7) is 1.98. The van der Waals surface area contributed by atoms with Crippen LogP contribution >= 0.6 is 23.2 Å². The molecule has 0 aromatic heterocycles. The van der Waals surface area contributed by atoms with Gasteiger partial charge in [0.2, 0.25) is 0 Å². The quantitative estimate of drug-likeness (QED) is 0.877. The first-order chi connectivity index (χ1) is 8.36. The fourth-order valence-electron chi connectivity index (χ4n) is 1.57. The van der Waals surface area contributed by atoms with Gasteiger partial charge in [0.25, 0.3) is 0 Å². The summed E-state index contributed by atoms with van der Waals surface area (Å²) in [4.78, 5) is 0.0988. The lowest BCUT2D eigenvalue weighted by atomic mass is 10.1. The standard InChI is InChI=1S/C12H17Cl2NO2S/c1-2-10(15)4-3-7-18(16,17)12-8-9(13)5-6-11(12)14/h5-6,8,10H,2-4,7,15H2,1H3. The van der Waals surface area contributed by atoms with E-state index in [1.165, 1.54) is 12.1 Å². The summed E-state index contributed by atoms with van der Waals surface area (Å²) < 4.78 is 24.2. The summed E-state index contributed by atoms with van der Waals surface area (Å²) in [5, 5.41) is 0.572. The summed E-state index contributed by atoms with van der Waals surface area (Å²) in [7, 11) is -3.39. The SMILES string of the molecule is CCC(N)CCCS(=O)(=O)c1cc(Cl)ccc1Cl. The molecule has 1 unspecified atom stereocenters. The maximum atomic E-state index is 12.1. The molecule has 1 aromatic rings. The van der Waals surface area contributed by atoms with Crippen molar-refractivity contribution >= 4 is 33.0 Å². The molecule has 102 valence electrons. The normalized spacial score (nSPS) is 13.6. The lowest BCUT2D eigenvalue weighted by Gasteiger charge is -2.10. The molecule has 2 N–H and O–H groups in total. The number of hydrogen-bond acceptors (Lipinski definition) is 3. The van der Waals surface area contributed by atoms with Gasteiger partial charge in [0.1, 0.15) is 0 Å². The third-order valence-electron chi connectivity index (χ3n) is 2.74. The molecule has 0 saturated carbocycles. The minimum Gasteiger partial charge on any atom is -0.328 e. The van der Waals surface area contributed by atoms with Crippen molar-refractivity contribution in [2.45, 2.75) is 37.1 Å². The van der Waals surface area contributed by atoms with Crippen LogP contribution in [0.15, 0.2) is 23.1 Å². The highest BCUT2D eigenvalue weighted by molar-refractivity contribution is 7.91. The van der Waals surface area contributed by atoms with Crippen molar-refractivity contribution in [1.82, 2.24) is 0 Å². The Kier molecular flexibility index (Phi) is 5.92. The van der Waals surface area contributed by atoms with Crippen LogP contribution in [-0.4, -0.2) is 20.2 Å². The van der Waals surface area contributed by atoms with E-state index in [0.29, 0.717) is 17.9 Å². The molecule has 0 saturated heterocycles. The molecule has 0 aliphatic carbocycles. The Bertz CT molecular complexity index is 503. The van der Waals surface area contributed by atoms with Gasteiger partial charge in [-0.2, -0.15) is 0 Å². The van der Waals surface area contributed by atoms with Gasteiger partial charge in [-0.05, 0) is 37.5 Å². The highest BCUT2D eigenvalue weighted by Gasteiger charge is 2.18. The number of rotatable bonds is 6. The Balaban J connectivity index is 2.77. The van der Waals surface area contributed by atoms with Crippen molar-refractivity contribution in [3.8, 4) is 0 Å². The first kappa shape index (κ1) is 15.8. The molecule has 0 amide bonds. The van der Waals surface area contributed by atoms with Gasteiger partial charge in [-0.25, -0.2) is 8.42 Å². The smallest absolute Gasteiger partial charge is 0.179 e. The van der Waals surface area contributed by atoms with Crippen LogP contribution in [0.25, 0.3) is 0 Å². The highest BCUT2D eigenvalue weighted by atomic mass is 35.5. The van der Waals surface area contributed by atoms with E-state index < -0.39 is 9.84 Å². The molecule has 0 spiro atoms. The molecule has 0 fully saturated rings. The summed E-state index contributed by atoms with van der Waals surface area (Å²) in [6, 6.07) is 4.50. The third kappa shape index (κ3) is 4.43. The molecule has 6 heteroatoms. The molecule has 1 aromatic carbocycles. The van der Waals surface area contributed by atoms with E-state index in [2.05, 4.69) is 0 Å². The zero-order valence-electron chi connectivity index (χ0n) is 10.2. The van der Waals surface area contributed by atoms with Crippen molar-refractivity contribution in [2.75, 3.05) is 5.75 Å². The third-order valence-corrected chi connectivity index (χ3v) is 5.25. The lowest BCUT2D eigenvalue weighted by Crippen LogP contribution is -2.20. The van der Waals surface area contributed by atoms with Crippen molar-refractivity contribution in [3.05, 3.63) is 28.2 Å². The summed E-state index contributed by atoms with van der Waals surface area (Å²) in [5.41, 5.74) is 5.75. The summed E-state index contributed by atoms with van der Waals surface area (Å²) in [5.74, 6) is 0.0424. The minimum absolute atomic E-state index is 0.0424. The second kappa shape index (κ2) is 6.75. The van der Waals surface area contributed by atoms with E-state index in [9.17, 15) is 8.42 Å². The lowest BCUT2D eigenvalue weighted by molar-refractivity contribution is 0.567. The van der Waals surface area contributed by atoms with Gasteiger partial charge >= 0.3 is 0 Å². The van der Waals surface area contributed by atoms with Crippen LogP contribution in [0.2, 0.25) is 10.0 Å². The first-order valence-corrected chi connectivity index (χ1v) is 8.21. The van der Waals surface area contributed by atoms with E-state index in [4.69, 9.17) is 28.9 Å². The summed E-state index contributed by atoms with van der Waals surface area (Å²) >= 11 is 11.7. The van der Waals surface area contributed by atoms with Crippen LogP contribution < -0.4 is 5.73 Å². The van der Waals surface area contributed by atoms with Crippen molar-refractivity contribution in [2.24, 2.45) is 5.73 Å². The van der Waals surface area contributed by atoms with Gasteiger partial charge in [-0.3, -0.25) is 0 Å². The minimum atomic E-state index is -3.39. The molecule has 18 heavy (non-hydrogen) atoms. The molecule has 0 radical (unpaired) electrons. The molecule has 1 rings (SSSR count). The number of benzene rings is 1. The number of nitrogens with two attached hydrogens (primary N) is 1. The molecule has 0 heterocycles. The Morgan fingerprint density at radius 1 is 1.33 bits per heavy atom. The molecule has 0 aliphatic rings. The molecule has 0 aliphatic heterocycles. The van der Waals surface area contributed by atoms with E-state index in [0.717, 1.165) is 6.42 Å². The van der Waals surface area contributed by atoms with Gasteiger partial charge in [0, 0.05) is 11.1 Å². The van der Waals surface area contributed by atoms with Gasteiger partial charge < -0.3 is 5.73 Å². The maximum Gasteiger partial charge on any atom is 0.179 e. The van der Waals surface area contributed by atoms with Gasteiger partial charge in [0.05, 0.1) is 15.7 Å². The second-order valence-corrected chi connectivity index (χ2v) is 7.13. The Morgan fingerprint density at radius 3 is 2.61 bits per heavy atom. The number of sulfone groups is 1. The molecule has 1 atom stereocenters. The largest absolute Gasteiger partial charge is 0.328 e. The second-order valence-electron chi connectivity index (χ2n) is 4.20. The summed E-state index contributed by atoms with van der Waals surface area (Å²) in [6.07, 6.45) is 2.06. The van der Waals surface area contributed by atoms with Gasteiger partial charge in [-0.1, -0.05) is 30.1 Å². The molecular formula is C12H17Cl2NO2S. The monoisotopic (exact) mass is 309 g/mol.